The molecule has 1 saturated heterocycles. The average molecular weight is 433 g/mol. The van der Waals surface area contributed by atoms with Crippen LogP contribution in [-0.4, -0.2) is 22.8 Å². The van der Waals surface area contributed by atoms with Crippen molar-refractivity contribution in [2.45, 2.75) is 65.1 Å². The topological polar surface area (TPSA) is 43.4 Å². The Morgan fingerprint density at radius 3 is 2.07 bits per heavy atom. The van der Waals surface area contributed by atoms with Crippen LogP contribution in [0.4, 0.5) is 0 Å². The Bertz CT molecular complexity index is 956. The van der Waals surface area contributed by atoms with Gasteiger partial charge in [-0.25, -0.2) is 0 Å². The van der Waals surface area contributed by atoms with E-state index < -0.39 is 17.1 Å². The molecule has 3 rings (SSSR count). The molecule has 0 spiro atoms. The van der Waals surface area contributed by atoms with Crippen LogP contribution in [0.2, 0.25) is 10.0 Å². The summed E-state index contributed by atoms with van der Waals surface area (Å²) in [6.45, 7) is 10.9. The normalized spacial score (nSPS) is 18.9. The van der Waals surface area contributed by atoms with Crippen LogP contribution < -0.4 is 0 Å². The van der Waals surface area contributed by atoms with E-state index in [2.05, 4.69) is 0 Å². The maximum absolute atomic E-state index is 13.3. The van der Waals surface area contributed by atoms with E-state index in [1.54, 1.807) is 33.8 Å². The second kappa shape index (κ2) is 7.54. The molecule has 29 heavy (non-hydrogen) atoms. The monoisotopic (exact) mass is 432 g/mol. The highest BCUT2D eigenvalue weighted by Crippen LogP contribution is 2.42. The van der Waals surface area contributed by atoms with Crippen molar-refractivity contribution in [2.75, 3.05) is 0 Å². The predicted molar refractivity (Wildman–Crippen MR) is 118 cm³/mol. The third-order valence-electron chi connectivity index (χ3n) is 5.60. The number of rotatable bonds is 3. The number of carbonyl (C=O) groups is 2. The Hall–Kier alpha value is -1.68. The van der Waals surface area contributed by atoms with Gasteiger partial charge in [0.2, 0.25) is 0 Å². The highest BCUT2D eigenvalue weighted by molar-refractivity contribution is 6.36. The summed E-state index contributed by atoms with van der Waals surface area (Å²) in [5, 5.41) is 1.11. The summed E-state index contributed by atoms with van der Waals surface area (Å²) in [6, 6.07) is 9.45. The lowest BCUT2D eigenvalue weighted by Gasteiger charge is -2.43. The van der Waals surface area contributed by atoms with E-state index in [4.69, 9.17) is 27.9 Å². The van der Waals surface area contributed by atoms with Gasteiger partial charge in [-0.3, -0.25) is 9.59 Å². The van der Waals surface area contributed by atoms with E-state index in [-0.39, 0.29) is 11.6 Å². The molecule has 3 nitrogen and oxygen atoms in total. The van der Waals surface area contributed by atoms with E-state index in [9.17, 15) is 9.59 Å². The molecule has 0 aliphatic carbocycles. The molecular weight excluding hydrogens is 407 g/mol. The Labute approximate surface area is 182 Å². The Kier molecular flexibility index (Phi) is 5.72. The van der Waals surface area contributed by atoms with Gasteiger partial charge in [-0.1, -0.05) is 42.3 Å². The molecule has 1 aliphatic rings. The zero-order chi connectivity index (χ0) is 21.7. The summed E-state index contributed by atoms with van der Waals surface area (Å²) in [4.78, 5) is 26.5. The summed E-state index contributed by atoms with van der Waals surface area (Å²) < 4.78 is 5.84. The quantitative estimate of drug-likeness (QED) is 0.531. The summed E-state index contributed by atoms with van der Waals surface area (Å²) in [5.41, 5.74) is 2.26. The van der Waals surface area contributed by atoms with Crippen molar-refractivity contribution < 1.29 is 14.3 Å². The average Bonchev–Trinajstić information content (AvgIpc) is 2.59. The summed E-state index contributed by atoms with van der Waals surface area (Å²) in [7, 11) is 0. The standard InChI is InChI=1S/C24H26Cl2O3/c1-7-14-8-9-15(19-13(2)10-16(25)12-18(19)26)11-17(14)20-21(27)23(3,4)29-24(5,6)22(20)28/h8-12,20H,7H2,1-6H3. The maximum Gasteiger partial charge on any atom is 0.179 e. The lowest BCUT2D eigenvalue weighted by atomic mass is 9.73. The van der Waals surface area contributed by atoms with Crippen molar-refractivity contribution in [2.24, 2.45) is 0 Å². The van der Waals surface area contributed by atoms with Gasteiger partial charge in [0, 0.05) is 10.6 Å². The van der Waals surface area contributed by atoms with Crippen LogP contribution in [0.3, 0.4) is 0 Å². The highest BCUT2D eigenvalue weighted by Gasteiger charge is 2.53. The fraction of sp³-hybridized carbons (Fsp3) is 0.417. The van der Waals surface area contributed by atoms with E-state index in [1.807, 2.05) is 38.1 Å². The first-order valence-electron chi connectivity index (χ1n) is 9.76. The molecule has 1 aliphatic heterocycles. The predicted octanol–water partition coefficient (Wildman–Crippen LogP) is 6.34. The fourth-order valence-corrected chi connectivity index (χ4v) is 4.95. The van der Waals surface area contributed by atoms with E-state index in [0.29, 0.717) is 16.5 Å². The van der Waals surface area contributed by atoms with Crippen LogP contribution in [0.1, 0.15) is 57.2 Å². The highest BCUT2D eigenvalue weighted by atomic mass is 35.5. The first-order valence-corrected chi connectivity index (χ1v) is 10.5. The number of halogens is 2. The third kappa shape index (κ3) is 3.88. The summed E-state index contributed by atoms with van der Waals surface area (Å²) in [6.07, 6.45) is 0.710. The molecular formula is C24H26Cl2O3. The fourth-order valence-electron chi connectivity index (χ4n) is 4.24. The minimum absolute atomic E-state index is 0.215. The van der Waals surface area contributed by atoms with Gasteiger partial charge < -0.3 is 4.74 Å². The first kappa shape index (κ1) is 22.0. The number of aryl methyl sites for hydroxylation is 2. The SMILES string of the molecule is CCc1ccc(-c2c(C)cc(Cl)cc2Cl)cc1C1C(=O)C(C)(C)OC(C)(C)C1=O. The molecule has 5 heteroatoms. The van der Waals surface area contributed by atoms with Crippen molar-refractivity contribution >= 4 is 34.8 Å². The number of hydrogen-bond donors (Lipinski definition) is 0. The van der Waals surface area contributed by atoms with Gasteiger partial charge in [0.15, 0.2) is 11.6 Å². The van der Waals surface area contributed by atoms with Crippen molar-refractivity contribution in [3.05, 3.63) is 57.1 Å². The van der Waals surface area contributed by atoms with Crippen LogP contribution in [0.5, 0.6) is 0 Å². The molecule has 0 saturated carbocycles. The molecule has 0 aromatic heterocycles. The molecule has 1 heterocycles. The van der Waals surface area contributed by atoms with Gasteiger partial charge in [-0.05, 0) is 81.5 Å². The lowest BCUT2D eigenvalue weighted by Crippen LogP contribution is -2.58. The van der Waals surface area contributed by atoms with Gasteiger partial charge in [0.05, 0.1) is 5.02 Å². The minimum atomic E-state index is -1.04. The molecule has 0 atom stereocenters. The van der Waals surface area contributed by atoms with Gasteiger partial charge in [-0.15, -0.1) is 0 Å². The molecule has 0 N–H and O–H groups in total. The van der Waals surface area contributed by atoms with Crippen LogP contribution in [0.25, 0.3) is 11.1 Å². The lowest BCUT2D eigenvalue weighted by molar-refractivity contribution is -0.184. The van der Waals surface area contributed by atoms with Crippen LogP contribution in [-0.2, 0) is 20.7 Å². The zero-order valence-corrected chi connectivity index (χ0v) is 19.2. The van der Waals surface area contributed by atoms with Gasteiger partial charge in [0.25, 0.3) is 0 Å². The Morgan fingerprint density at radius 1 is 0.966 bits per heavy atom. The molecule has 0 amide bonds. The van der Waals surface area contributed by atoms with Crippen molar-refractivity contribution in [3.8, 4) is 11.1 Å². The molecule has 2 aromatic rings. The van der Waals surface area contributed by atoms with Crippen LogP contribution in [0, 0.1) is 6.92 Å². The molecule has 154 valence electrons. The number of carbonyl (C=O) groups excluding carboxylic acids is 2. The van der Waals surface area contributed by atoms with Crippen LogP contribution >= 0.6 is 23.2 Å². The number of Topliss-reactive ketones (excluding diaryl/α,β-unsaturated/α-hetero) is 2. The smallest absolute Gasteiger partial charge is 0.179 e. The second-order valence-corrected chi connectivity index (χ2v) is 9.47. The zero-order valence-electron chi connectivity index (χ0n) is 17.7. The Morgan fingerprint density at radius 2 is 1.55 bits per heavy atom. The Balaban J connectivity index is 2.23. The maximum atomic E-state index is 13.3. The summed E-state index contributed by atoms with van der Waals surface area (Å²) >= 11 is 12.6. The molecule has 0 unspecified atom stereocenters. The number of ether oxygens (including phenoxy) is 1. The molecule has 0 bridgehead atoms. The first-order chi connectivity index (χ1) is 13.4. The van der Waals surface area contributed by atoms with Gasteiger partial charge in [-0.2, -0.15) is 0 Å². The van der Waals surface area contributed by atoms with Crippen molar-refractivity contribution in [1.82, 2.24) is 0 Å². The molecule has 2 aromatic carbocycles. The number of benzene rings is 2. The van der Waals surface area contributed by atoms with Crippen molar-refractivity contribution in [1.29, 1.82) is 0 Å². The number of ketones is 2. The van der Waals surface area contributed by atoms with Crippen molar-refractivity contribution in [3.63, 3.8) is 0 Å². The number of hydrogen-bond acceptors (Lipinski definition) is 3. The van der Waals surface area contributed by atoms with E-state index in [1.165, 1.54) is 0 Å². The molecule has 0 radical (unpaired) electrons. The molecule has 1 fully saturated rings. The van der Waals surface area contributed by atoms with Gasteiger partial charge in [0.1, 0.15) is 17.1 Å². The largest absolute Gasteiger partial charge is 0.354 e. The van der Waals surface area contributed by atoms with Gasteiger partial charge >= 0.3 is 0 Å². The van der Waals surface area contributed by atoms with Crippen LogP contribution in [0.15, 0.2) is 30.3 Å². The summed E-state index contributed by atoms with van der Waals surface area (Å²) in [5.74, 6) is -1.30. The third-order valence-corrected chi connectivity index (χ3v) is 6.12. The van der Waals surface area contributed by atoms with E-state index in [0.717, 1.165) is 27.8 Å². The minimum Gasteiger partial charge on any atom is -0.354 e. The van der Waals surface area contributed by atoms with E-state index >= 15 is 0 Å². The second-order valence-electron chi connectivity index (χ2n) is 8.63.